The van der Waals surface area contributed by atoms with E-state index in [0.29, 0.717) is 5.56 Å². The third kappa shape index (κ3) is 6.54. The Morgan fingerprint density at radius 2 is 1.59 bits per heavy atom. The summed E-state index contributed by atoms with van der Waals surface area (Å²) in [7, 11) is 2.73. The van der Waals surface area contributed by atoms with Crippen LogP contribution in [0.5, 0.6) is 11.5 Å². The maximum absolute atomic E-state index is 13.5. The summed E-state index contributed by atoms with van der Waals surface area (Å²) in [5.41, 5.74) is -0.183. The lowest BCUT2D eigenvalue weighted by Gasteiger charge is -2.34. The van der Waals surface area contributed by atoms with E-state index in [0.717, 1.165) is 0 Å². The molecule has 0 saturated carbocycles. The molecular weight excluding hydrogens is 484 g/mol. The molecule has 1 fully saturated rings. The van der Waals surface area contributed by atoms with E-state index in [4.69, 9.17) is 14.2 Å². The molecular formula is C25H28N4O8. The van der Waals surface area contributed by atoms with Crippen LogP contribution in [0.3, 0.4) is 0 Å². The number of nitrogens with zero attached hydrogens (tertiary/aromatic N) is 3. The average Bonchev–Trinajstić information content (AvgIpc) is 2.92. The highest BCUT2D eigenvalue weighted by molar-refractivity contribution is 6.05. The van der Waals surface area contributed by atoms with Gasteiger partial charge >= 0.3 is 6.09 Å². The Morgan fingerprint density at radius 3 is 2.16 bits per heavy atom. The first kappa shape index (κ1) is 27.0. The maximum Gasteiger partial charge on any atom is 0.409 e. The van der Waals surface area contributed by atoms with E-state index in [1.54, 1.807) is 37.3 Å². The van der Waals surface area contributed by atoms with E-state index in [1.807, 2.05) is 0 Å². The van der Waals surface area contributed by atoms with Gasteiger partial charge < -0.3 is 29.3 Å². The number of benzene rings is 2. The summed E-state index contributed by atoms with van der Waals surface area (Å²) in [5, 5.41) is 14.4. The molecule has 2 aromatic carbocycles. The van der Waals surface area contributed by atoms with Crippen LogP contribution in [0.15, 0.2) is 48.2 Å². The molecule has 1 aliphatic rings. The molecule has 12 nitrogen and oxygen atoms in total. The van der Waals surface area contributed by atoms with Crippen molar-refractivity contribution in [2.75, 3.05) is 47.0 Å². The Morgan fingerprint density at radius 1 is 1.00 bits per heavy atom. The van der Waals surface area contributed by atoms with Gasteiger partial charge in [0.25, 0.3) is 17.5 Å². The molecule has 1 aliphatic heterocycles. The van der Waals surface area contributed by atoms with Crippen LogP contribution in [0.2, 0.25) is 0 Å². The number of hydrogen-bond acceptors (Lipinski definition) is 8. The van der Waals surface area contributed by atoms with Gasteiger partial charge in [-0.1, -0.05) is 18.2 Å². The Kier molecular flexibility index (Phi) is 9.03. The lowest BCUT2D eigenvalue weighted by atomic mass is 10.1. The van der Waals surface area contributed by atoms with E-state index >= 15 is 0 Å². The van der Waals surface area contributed by atoms with Crippen LogP contribution in [0.1, 0.15) is 22.8 Å². The number of methoxy groups -OCH3 is 2. The van der Waals surface area contributed by atoms with Crippen molar-refractivity contribution >= 4 is 29.7 Å². The molecule has 0 spiro atoms. The zero-order valence-electron chi connectivity index (χ0n) is 20.8. The topological polar surface area (TPSA) is 141 Å². The first-order valence-corrected chi connectivity index (χ1v) is 11.5. The molecule has 1 N–H and O–H groups in total. The van der Waals surface area contributed by atoms with Crippen LogP contribution in [-0.4, -0.2) is 79.6 Å². The molecule has 12 heteroatoms. The van der Waals surface area contributed by atoms with E-state index in [2.05, 4.69) is 5.32 Å². The molecule has 0 atom stereocenters. The lowest BCUT2D eigenvalue weighted by Crippen LogP contribution is -2.52. The largest absolute Gasteiger partial charge is 0.493 e. The molecule has 0 aromatic heterocycles. The van der Waals surface area contributed by atoms with Gasteiger partial charge in [-0.3, -0.25) is 19.7 Å². The highest BCUT2D eigenvalue weighted by Crippen LogP contribution is 2.35. The van der Waals surface area contributed by atoms with Gasteiger partial charge in [0.1, 0.15) is 5.70 Å². The van der Waals surface area contributed by atoms with Crippen LogP contribution in [0, 0.1) is 10.1 Å². The quantitative estimate of drug-likeness (QED) is 0.323. The fourth-order valence-electron chi connectivity index (χ4n) is 3.73. The van der Waals surface area contributed by atoms with E-state index in [-0.39, 0.29) is 61.2 Å². The zero-order chi connectivity index (χ0) is 26.9. The average molecular weight is 513 g/mol. The third-order valence-electron chi connectivity index (χ3n) is 5.64. The summed E-state index contributed by atoms with van der Waals surface area (Å²) in [6, 6.07) is 10.8. The Bertz CT molecular complexity index is 1190. The predicted molar refractivity (Wildman–Crippen MR) is 133 cm³/mol. The van der Waals surface area contributed by atoms with Crippen LogP contribution >= 0.6 is 0 Å². The molecule has 37 heavy (non-hydrogen) atoms. The number of nitrogens with one attached hydrogen (secondary N) is 1. The SMILES string of the molecule is CCOC(=O)N1CCN(C(=O)C(=Cc2cc(OC)c(OC)cc2[N+](=O)[O-])NC(=O)c2ccccc2)CC1. The summed E-state index contributed by atoms with van der Waals surface area (Å²) >= 11 is 0. The monoisotopic (exact) mass is 512 g/mol. The first-order chi connectivity index (χ1) is 17.8. The number of ether oxygens (including phenoxy) is 3. The van der Waals surface area contributed by atoms with Gasteiger partial charge in [0.05, 0.1) is 37.4 Å². The van der Waals surface area contributed by atoms with E-state index in [1.165, 1.54) is 42.2 Å². The van der Waals surface area contributed by atoms with Crippen LogP contribution in [0.4, 0.5) is 10.5 Å². The van der Waals surface area contributed by atoms with Gasteiger partial charge in [-0.2, -0.15) is 0 Å². The van der Waals surface area contributed by atoms with E-state index in [9.17, 15) is 24.5 Å². The van der Waals surface area contributed by atoms with Crippen molar-refractivity contribution in [3.8, 4) is 11.5 Å². The molecule has 0 bridgehead atoms. The summed E-state index contributed by atoms with van der Waals surface area (Å²) < 4.78 is 15.4. The number of nitro benzene ring substituents is 1. The standard InChI is InChI=1S/C25H28N4O8/c1-4-37-25(32)28-12-10-27(11-13-28)24(31)19(26-23(30)17-8-6-5-7-9-17)14-18-15-21(35-2)22(36-3)16-20(18)29(33)34/h5-9,14-16H,4,10-13H2,1-3H3,(H,26,30). The van der Waals surface area contributed by atoms with Crippen LogP contribution in [0.25, 0.3) is 6.08 Å². The molecule has 3 amide bonds. The summed E-state index contributed by atoms with van der Waals surface area (Å²) in [6.07, 6.45) is 0.768. The van der Waals surface area contributed by atoms with Gasteiger partial charge in [0, 0.05) is 31.7 Å². The highest BCUT2D eigenvalue weighted by atomic mass is 16.6. The normalized spacial score (nSPS) is 13.5. The molecule has 0 aliphatic carbocycles. The number of carbonyl (C=O) groups excluding carboxylic acids is 3. The molecule has 2 aromatic rings. The zero-order valence-corrected chi connectivity index (χ0v) is 20.8. The second kappa shape index (κ2) is 12.4. The van der Waals surface area contributed by atoms with Gasteiger partial charge in [-0.25, -0.2) is 4.79 Å². The van der Waals surface area contributed by atoms with Gasteiger partial charge in [-0.05, 0) is 31.2 Å². The number of piperazine rings is 1. The summed E-state index contributed by atoms with van der Waals surface area (Å²) in [5.74, 6) is -0.767. The van der Waals surface area contributed by atoms with Gasteiger partial charge in [0.2, 0.25) is 0 Å². The second-order valence-corrected chi connectivity index (χ2v) is 7.88. The minimum Gasteiger partial charge on any atom is -0.493 e. The number of hydrogen-bond donors (Lipinski definition) is 1. The fraction of sp³-hybridized carbons (Fsp3) is 0.320. The van der Waals surface area contributed by atoms with Crippen molar-refractivity contribution in [1.82, 2.24) is 15.1 Å². The smallest absolute Gasteiger partial charge is 0.409 e. The van der Waals surface area contributed by atoms with E-state index < -0.39 is 22.8 Å². The summed E-state index contributed by atoms with van der Waals surface area (Å²) in [6.45, 7) is 2.79. The predicted octanol–water partition coefficient (Wildman–Crippen LogP) is 2.68. The molecule has 0 radical (unpaired) electrons. The fourth-order valence-corrected chi connectivity index (χ4v) is 3.73. The van der Waals surface area contributed by atoms with Crippen molar-refractivity contribution in [3.05, 3.63) is 69.4 Å². The molecule has 1 heterocycles. The molecule has 0 unspecified atom stereocenters. The van der Waals surface area contributed by atoms with Gasteiger partial charge in [-0.15, -0.1) is 0 Å². The van der Waals surface area contributed by atoms with Crippen molar-refractivity contribution in [1.29, 1.82) is 0 Å². The highest BCUT2D eigenvalue weighted by Gasteiger charge is 2.28. The summed E-state index contributed by atoms with van der Waals surface area (Å²) in [4.78, 5) is 52.6. The van der Waals surface area contributed by atoms with Crippen molar-refractivity contribution in [2.24, 2.45) is 0 Å². The first-order valence-electron chi connectivity index (χ1n) is 11.5. The molecule has 196 valence electrons. The third-order valence-corrected chi connectivity index (χ3v) is 5.64. The number of carbonyl (C=O) groups is 3. The minimum atomic E-state index is -0.618. The molecule has 1 saturated heterocycles. The van der Waals surface area contributed by atoms with Crippen LogP contribution in [-0.2, 0) is 9.53 Å². The Labute approximate surface area is 213 Å². The van der Waals surface area contributed by atoms with Crippen molar-refractivity contribution in [2.45, 2.75) is 6.92 Å². The maximum atomic E-state index is 13.5. The number of nitro groups is 1. The Balaban J connectivity index is 1.98. The second-order valence-electron chi connectivity index (χ2n) is 7.88. The minimum absolute atomic E-state index is 0.0320. The lowest BCUT2D eigenvalue weighted by molar-refractivity contribution is -0.385. The molecule has 3 rings (SSSR count). The Hall–Kier alpha value is -4.61. The van der Waals surface area contributed by atoms with Gasteiger partial charge in [0.15, 0.2) is 11.5 Å². The van der Waals surface area contributed by atoms with Crippen molar-refractivity contribution in [3.63, 3.8) is 0 Å². The van der Waals surface area contributed by atoms with Crippen LogP contribution < -0.4 is 14.8 Å². The number of amides is 3. The van der Waals surface area contributed by atoms with Crippen molar-refractivity contribution < 1.29 is 33.5 Å². The number of rotatable bonds is 8.